The smallest absolute Gasteiger partial charge is 0.271 e. The Morgan fingerprint density at radius 3 is 2.67 bits per heavy atom. The van der Waals surface area contributed by atoms with Crippen molar-refractivity contribution in [3.05, 3.63) is 28.2 Å². The molecule has 0 aliphatic rings. The van der Waals surface area contributed by atoms with Crippen molar-refractivity contribution in [2.24, 2.45) is 13.0 Å². The third-order valence-corrected chi connectivity index (χ3v) is 2.75. The van der Waals surface area contributed by atoms with Crippen molar-refractivity contribution < 1.29 is 9.90 Å². The number of nitrogens with one attached hydrogen (secondary N) is 1. The Kier molecular flexibility index (Phi) is 5.03. The average molecular weight is 253 g/mol. The highest BCUT2D eigenvalue weighted by molar-refractivity contribution is 5.92. The molecule has 1 heterocycles. The predicted octanol–water partition coefficient (Wildman–Crippen LogP) is -0.0829. The van der Waals surface area contributed by atoms with E-state index >= 15 is 0 Å². The molecule has 0 radical (unpaired) electrons. The molecule has 0 spiro atoms. The normalized spacial score (nSPS) is 12.5. The van der Waals surface area contributed by atoms with E-state index in [1.54, 1.807) is 0 Å². The van der Waals surface area contributed by atoms with Crippen LogP contribution < -0.4 is 10.9 Å². The summed E-state index contributed by atoms with van der Waals surface area (Å²) in [5, 5.41) is 15.6. The van der Waals surface area contributed by atoms with Crippen LogP contribution in [-0.4, -0.2) is 33.4 Å². The molecule has 18 heavy (non-hydrogen) atoms. The summed E-state index contributed by atoms with van der Waals surface area (Å²) in [5.74, 6) is -0.119. The van der Waals surface area contributed by atoms with Crippen molar-refractivity contribution in [3.63, 3.8) is 0 Å². The molecule has 6 heteroatoms. The van der Waals surface area contributed by atoms with Crippen LogP contribution in [0.15, 0.2) is 16.9 Å². The molecular weight excluding hydrogens is 234 g/mol. The van der Waals surface area contributed by atoms with Gasteiger partial charge in [0, 0.05) is 25.8 Å². The maximum Gasteiger partial charge on any atom is 0.271 e. The summed E-state index contributed by atoms with van der Waals surface area (Å²) in [6, 6.07) is 2.59. The Balaban J connectivity index is 2.80. The zero-order valence-corrected chi connectivity index (χ0v) is 10.9. The van der Waals surface area contributed by atoms with Gasteiger partial charge >= 0.3 is 0 Å². The first-order chi connectivity index (χ1) is 8.45. The second-order valence-electron chi connectivity index (χ2n) is 4.52. The van der Waals surface area contributed by atoms with Crippen molar-refractivity contribution in [2.45, 2.75) is 26.3 Å². The van der Waals surface area contributed by atoms with Crippen LogP contribution in [0.1, 0.15) is 30.8 Å². The fraction of sp³-hybridized carbons (Fsp3) is 0.583. The standard InChI is InChI=1S/C12H19N3O3/c1-8(2)9(6-7-16)13-12(18)10-4-5-11(17)15(3)14-10/h4-5,8-9,16H,6-7H2,1-3H3,(H,13,18). The number of carbonyl (C=O) groups excluding carboxylic acids is 1. The van der Waals surface area contributed by atoms with Crippen molar-refractivity contribution in [1.29, 1.82) is 0 Å². The van der Waals surface area contributed by atoms with Gasteiger partial charge in [0.25, 0.3) is 11.5 Å². The molecule has 1 rings (SSSR count). The summed E-state index contributed by atoms with van der Waals surface area (Å²) in [7, 11) is 1.49. The zero-order valence-electron chi connectivity index (χ0n) is 10.9. The lowest BCUT2D eigenvalue weighted by Crippen LogP contribution is -2.40. The minimum atomic E-state index is -0.335. The first kappa shape index (κ1) is 14.4. The molecule has 1 aromatic rings. The highest BCUT2D eigenvalue weighted by Crippen LogP contribution is 2.06. The van der Waals surface area contributed by atoms with Crippen LogP contribution in [0.25, 0.3) is 0 Å². The van der Waals surface area contributed by atoms with Gasteiger partial charge in [0.2, 0.25) is 0 Å². The molecule has 0 saturated carbocycles. The molecule has 2 N–H and O–H groups in total. The van der Waals surface area contributed by atoms with Crippen LogP contribution >= 0.6 is 0 Å². The van der Waals surface area contributed by atoms with Gasteiger partial charge < -0.3 is 10.4 Å². The van der Waals surface area contributed by atoms with Gasteiger partial charge in [-0.05, 0) is 18.4 Å². The number of rotatable bonds is 5. The summed E-state index contributed by atoms with van der Waals surface area (Å²) >= 11 is 0. The summed E-state index contributed by atoms with van der Waals surface area (Å²) in [5.41, 5.74) is -0.0667. The average Bonchev–Trinajstić information content (AvgIpc) is 2.31. The lowest BCUT2D eigenvalue weighted by molar-refractivity contribution is 0.0909. The molecule has 0 bridgehead atoms. The van der Waals surface area contributed by atoms with Gasteiger partial charge in [-0.1, -0.05) is 13.8 Å². The summed E-state index contributed by atoms with van der Waals surface area (Å²) in [6.45, 7) is 3.95. The van der Waals surface area contributed by atoms with Crippen LogP contribution in [0.3, 0.4) is 0 Å². The van der Waals surface area contributed by atoms with E-state index in [2.05, 4.69) is 10.4 Å². The molecule has 0 fully saturated rings. The number of carbonyl (C=O) groups is 1. The number of aryl methyl sites for hydroxylation is 1. The maximum absolute atomic E-state index is 11.9. The molecule has 0 aliphatic carbocycles. The number of aliphatic hydroxyl groups excluding tert-OH is 1. The number of aliphatic hydroxyl groups is 1. The number of amides is 1. The Hall–Kier alpha value is -1.69. The maximum atomic E-state index is 11.9. The molecule has 0 aromatic carbocycles. The third-order valence-electron chi connectivity index (χ3n) is 2.75. The van der Waals surface area contributed by atoms with Gasteiger partial charge in [-0.3, -0.25) is 9.59 Å². The summed E-state index contributed by atoms with van der Waals surface area (Å²) in [6.07, 6.45) is 0.495. The topological polar surface area (TPSA) is 84.2 Å². The number of hydrogen-bond acceptors (Lipinski definition) is 4. The van der Waals surface area contributed by atoms with Gasteiger partial charge in [-0.2, -0.15) is 5.10 Å². The van der Waals surface area contributed by atoms with Crippen molar-refractivity contribution in [2.75, 3.05) is 6.61 Å². The van der Waals surface area contributed by atoms with E-state index in [0.717, 1.165) is 4.68 Å². The molecular formula is C12H19N3O3. The molecule has 100 valence electrons. The van der Waals surface area contributed by atoms with Crippen molar-refractivity contribution in [3.8, 4) is 0 Å². The number of hydrogen-bond donors (Lipinski definition) is 2. The van der Waals surface area contributed by atoms with Gasteiger partial charge in [0.15, 0.2) is 0 Å². The molecule has 1 atom stereocenters. The first-order valence-corrected chi connectivity index (χ1v) is 5.91. The van der Waals surface area contributed by atoms with Gasteiger partial charge in [0.1, 0.15) is 5.69 Å². The number of nitrogens with zero attached hydrogens (tertiary/aromatic N) is 2. The van der Waals surface area contributed by atoms with Crippen LogP contribution in [0.2, 0.25) is 0 Å². The molecule has 1 amide bonds. The van der Waals surface area contributed by atoms with Crippen LogP contribution in [0.5, 0.6) is 0 Å². The van der Waals surface area contributed by atoms with Crippen LogP contribution in [0.4, 0.5) is 0 Å². The molecule has 6 nitrogen and oxygen atoms in total. The number of aromatic nitrogens is 2. The van der Waals surface area contributed by atoms with E-state index < -0.39 is 0 Å². The van der Waals surface area contributed by atoms with Gasteiger partial charge in [-0.25, -0.2) is 4.68 Å². The minimum absolute atomic E-state index is 0.0177. The molecule has 0 saturated heterocycles. The summed E-state index contributed by atoms with van der Waals surface area (Å²) in [4.78, 5) is 23.1. The monoisotopic (exact) mass is 253 g/mol. The molecule has 1 aromatic heterocycles. The molecule has 1 unspecified atom stereocenters. The Morgan fingerprint density at radius 2 is 2.17 bits per heavy atom. The van der Waals surface area contributed by atoms with Crippen LogP contribution in [0, 0.1) is 5.92 Å². The van der Waals surface area contributed by atoms with Gasteiger partial charge in [0.05, 0.1) is 0 Å². The molecule has 0 aliphatic heterocycles. The van der Waals surface area contributed by atoms with Crippen molar-refractivity contribution >= 4 is 5.91 Å². The lowest BCUT2D eigenvalue weighted by atomic mass is 10.0. The van der Waals surface area contributed by atoms with E-state index in [-0.39, 0.29) is 35.7 Å². The second-order valence-corrected chi connectivity index (χ2v) is 4.52. The lowest BCUT2D eigenvalue weighted by Gasteiger charge is -2.21. The Bertz CT molecular complexity index is 468. The quantitative estimate of drug-likeness (QED) is 0.768. The second kappa shape index (κ2) is 6.30. The first-order valence-electron chi connectivity index (χ1n) is 5.91. The Morgan fingerprint density at radius 1 is 1.50 bits per heavy atom. The van der Waals surface area contributed by atoms with Crippen molar-refractivity contribution in [1.82, 2.24) is 15.1 Å². The summed E-state index contributed by atoms with van der Waals surface area (Å²) < 4.78 is 1.12. The highest BCUT2D eigenvalue weighted by atomic mass is 16.3. The van der Waals surface area contributed by atoms with E-state index in [9.17, 15) is 9.59 Å². The van der Waals surface area contributed by atoms with E-state index in [1.165, 1.54) is 19.2 Å². The van der Waals surface area contributed by atoms with E-state index in [0.29, 0.717) is 6.42 Å². The van der Waals surface area contributed by atoms with E-state index in [4.69, 9.17) is 5.11 Å². The van der Waals surface area contributed by atoms with Gasteiger partial charge in [-0.15, -0.1) is 0 Å². The Labute approximate surface area is 106 Å². The SMILES string of the molecule is CC(C)C(CCO)NC(=O)c1ccc(=O)n(C)n1. The third kappa shape index (κ3) is 3.66. The fourth-order valence-corrected chi connectivity index (χ4v) is 1.58. The largest absolute Gasteiger partial charge is 0.396 e. The van der Waals surface area contributed by atoms with E-state index in [1.807, 2.05) is 13.8 Å². The zero-order chi connectivity index (χ0) is 13.7. The minimum Gasteiger partial charge on any atom is -0.396 e. The highest BCUT2D eigenvalue weighted by Gasteiger charge is 2.17. The fourth-order valence-electron chi connectivity index (χ4n) is 1.58. The predicted molar refractivity (Wildman–Crippen MR) is 67.3 cm³/mol. The van der Waals surface area contributed by atoms with Crippen LogP contribution in [-0.2, 0) is 7.05 Å².